The van der Waals surface area contributed by atoms with Crippen LogP contribution in [0.3, 0.4) is 0 Å². The monoisotopic (exact) mass is 229 g/mol. The SMILES string of the molecule is O=c1ccc2ccccc2n1OC(F)(F)F. The molecule has 2 aromatic rings. The summed E-state index contributed by atoms with van der Waals surface area (Å²) in [5.74, 6) is 0. The first-order chi connectivity index (χ1) is 7.47. The van der Waals surface area contributed by atoms with Crippen LogP contribution in [0.1, 0.15) is 0 Å². The number of para-hydroxylation sites is 1. The van der Waals surface area contributed by atoms with Crippen LogP contribution in [0.15, 0.2) is 41.2 Å². The Hall–Kier alpha value is -1.98. The zero-order valence-electron chi connectivity index (χ0n) is 7.86. The predicted molar refractivity (Wildman–Crippen MR) is 50.8 cm³/mol. The van der Waals surface area contributed by atoms with E-state index >= 15 is 0 Å². The van der Waals surface area contributed by atoms with Gasteiger partial charge in [0.25, 0.3) is 5.56 Å². The Morgan fingerprint density at radius 3 is 2.44 bits per heavy atom. The third kappa shape index (κ3) is 2.00. The molecule has 1 aromatic carbocycles. The maximum absolute atomic E-state index is 12.1. The van der Waals surface area contributed by atoms with E-state index in [1.165, 1.54) is 18.2 Å². The average molecular weight is 229 g/mol. The lowest BCUT2D eigenvalue weighted by molar-refractivity contribution is -0.322. The lowest BCUT2D eigenvalue weighted by Gasteiger charge is -2.12. The van der Waals surface area contributed by atoms with Crippen LogP contribution in [0.4, 0.5) is 13.2 Å². The number of rotatable bonds is 1. The van der Waals surface area contributed by atoms with Crippen LogP contribution in [-0.4, -0.2) is 11.1 Å². The lowest BCUT2D eigenvalue weighted by atomic mass is 10.2. The molecule has 16 heavy (non-hydrogen) atoms. The quantitative estimate of drug-likeness (QED) is 0.748. The minimum absolute atomic E-state index is 0.0762. The molecule has 0 aliphatic rings. The van der Waals surface area contributed by atoms with Crippen molar-refractivity contribution >= 4 is 10.9 Å². The summed E-state index contributed by atoms with van der Waals surface area (Å²) in [4.78, 5) is 14.9. The molecule has 0 amide bonds. The van der Waals surface area contributed by atoms with E-state index in [0.717, 1.165) is 6.07 Å². The van der Waals surface area contributed by atoms with Gasteiger partial charge in [0.2, 0.25) is 0 Å². The summed E-state index contributed by atoms with van der Waals surface area (Å²) in [6.07, 6.45) is -4.89. The maximum atomic E-state index is 12.1. The van der Waals surface area contributed by atoms with Gasteiger partial charge in [0, 0.05) is 11.5 Å². The van der Waals surface area contributed by atoms with Gasteiger partial charge in [-0.3, -0.25) is 4.79 Å². The number of pyridine rings is 1. The Kier molecular flexibility index (Phi) is 2.34. The highest BCUT2D eigenvalue weighted by Crippen LogP contribution is 2.15. The van der Waals surface area contributed by atoms with Crippen molar-refractivity contribution in [3.8, 4) is 0 Å². The molecule has 84 valence electrons. The number of aromatic nitrogens is 1. The summed E-state index contributed by atoms with van der Waals surface area (Å²) in [6.45, 7) is 0. The fourth-order valence-electron chi connectivity index (χ4n) is 1.36. The molecule has 0 unspecified atom stereocenters. The number of benzene rings is 1. The third-order valence-corrected chi connectivity index (χ3v) is 1.96. The highest BCUT2D eigenvalue weighted by molar-refractivity contribution is 5.78. The number of hydrogen-bond acceptors (Lipinski definition) is 2. The van der Waals surface area contributed by atoms with Crippen molar-refractivity contribution in [2.24, 2.45) is 0 Å². The fraction of sp³-hybridized carbons (Fsp3) is 0.100. The topological polar surface area (TPSA) is 31.2 Å². The van der Waals surface area contributed by atoms with Gasteiger partial charge in [-0.2, -0.15) is 0 Å². The highest BCUT2D eigenvalue weighted by atomic mass is 19.4. The van der Waals surface area contributed by atoms with Gasteiger partial charge < -0.3 is 4.84 Å². The molecular weight excluding hydrogens is 223 g/mol. The van der Waals surface area contributed by atoms with Gasteiger partial charge in [-0.1, -0.05) is 18.2 Å². The first-order valence-electron chi connectivity index (χ1n) is 4.34. The zero-order chi connectivity index (χ0) is 11.8. The third-order valence-electron chi connectivity index (χ3n) is 1.96. The van der Waals surface area contributed by atoms with Crippen molar-refractivity contribution in [3.05, 3.63) is 46.8 Å². The molecule has 0 atom stereocenters. The number of fused-ring (bicyclic) bond motifs is 1. The predicted octanol–water partition coefficient (Wildman–Crippen LogP) is 1.95. The number of hydrogen-bond donors (Lipinski definition) is 0. The second kappa shape index (κ2) is 3.55. The number of alkyl halides is 3. The smallest absolute Gasteiger partial charge is 0.309 e. The molecule has 0 fully saturated rings. The van der Waals surface area contributed by atoms with Crippen LogP contribution in [0.5, 0.6) is 0 Å². The van der Waals surface area contributed by atoms with E-state index in [2.05, 4.69) is 4.84 Å². The molecule has 0 bridgehead atoms. The van der Waals surface area contributed by atoms with E-state index in [4.69, 9.17) is 0 Å². The molecule has 0 N–H and O–H groups in total. The van der Waals surface area contributed by atoms with Gasteiger partial charge in [-0.15, -0.1) is 17.9 Å². The van der Waals surface area contributed by atoms with Crippen molar-refractivity contribution in [1.82, 2.24) is 4.73 Å². The zero-order valence-corrected chi connectivity index (χ0v) is 7.86. The summed E-state index contributed by atoms with van der Waals surface area (Å²) < 4.78 is 36.4. The molecule has 0 spiro atoms. The Morgan fingerprint density at radius 1 is 1.06 bits per heavy atom. The summed E-state index contributed by atoms with van der Waals surface area (Å²) in [5, 5.41) is 0.492. The van der Waals surface area contributed by atoms with Crippen molar-refractivity contribution in [2.75, 3.05) is 0 Å². The largest absolute Gasteiger partial charge is 0.591 e. The summed E-state index contributed by atoms with van der Waals surface area (Å²) in [5.41, 5.74) is -0.789. The van der Waals surface area contributed by atoms with Crippen LogP contribution in [-0.2, 0) is 0 Å². The summed E-state index contributed by atoms with van der Waals surface area (Å²) >= 11 is 0. The number of halogens is 3. The summed E-state index contributed by atoms with van der Waals surface area (Å²) in [7, 11) is 0. The van der Waals surface area contributed by atoms with Gasteiger partial charge in [0.05, 0.1) is 5.52 Å². The van der Waals surface area contributed by atoms with E-state index < -0.39 is 11.9 Å². The van der Waals surface area contributed by atoms with Crippen LogP contribution in [0, 0.1) is 0 Å². The van der Waals surface area contributed by atoms with Crippen molar-refractivity contribution in [3.63, 3.8) is 0 Å². The molecule has 1 heterocycles. The van der Waals surface area contributed by atoms with Gasteiger partial charge in [0.1, 0.15) is 0 Å². The van der Waals surface area contributed by atoms with Crippen LogP contribution in [0.2, 0.25) is 0 Å². The van der Waals surface area contributed by atoms with Crippen molar-refractivity contribution < 1.29 is 18.0 Å². The minimum atomic E-state index is -4.89. The van der Waals surface area contributed by atoms with Gasteiger partial charge >= 0.3 is 6.36 Å². The normalized spacial score (nSPS) is 11.7. The van der Waals surface area contributed by atoms with Crippen LogP contribution < -0.4 is 10.4 Å². The van der Waals surface area contributed by atoms with E-state index in [-0.39, 0.29) is 10.2 Å². The lowest BCUT2D eigenvalue weighted by Crippen LogP contribution is -2.35. The Labute approximate surface area is 87.6 Å². The first kappa shape index (κ1) is 10.5. The molecule has 0 radical (unpaired) electrons. The van der Waals surface area contributed by atoms with E-state index in [1.807, 2.05) is 0 Å². The Morgan fingerprint density at radius 2 is 1.75 bits per heavy atom. The van der Waals surface area contributed by atoms with Crippen LogP contribution in [0.25, 0.3) is 10.9 Å². The maximum Gasteiger partial charge on any atom is 0.591 e. The molecule has 3 nitrogen and oxygen atoms in total. The minimum Gasteiger partial charge on any atom is -0.309 e. The van der Waals surface area contributed by atoms with Gasteiger partial charge in [0.15, 0.2) is 0 Å². The Balaban J connectivity index is 2.66. The average Bonchev–Trinajstić information content (AvgIpc) is 2.21. The molecular formula is C10H6F3NO2. The van der Waals surface area contributed by atoms with Crippen molar-refractivity contribution in [1.29, 1.82) is 0 Å². The van der Waals surface area contributed by atoms with Crippen LogP contribution >= 0.6 is 0 Å². The summed E-state index contributed by atoms with van der Waals surface area (Å²) in [6, 6.07) is 8.61. The molecule has 6 heteroatoms. The van der Waals surface area contributed by atoms with E-state index in [0.29, 0.717) is 5.39 Å². The molecule has 0 saturated heterocycles. The molecule has 0 aliphatic carbocycles. The molecule has 0 aliphatic heterocycles. The second-order valence-electron chi connectivity index (χ2n) is 3.06. The van der Waals surface area contributed by atoms with Crippen molar-refractivity contribution in [2.45, 2.75) is 6.36 Å². The Bertz CT molecular complexity index is 574. The molecule has 0 saturated carbocycles. The van der Waals surface area contributed by atoms with E-state index in [9.17, 15) is 18.0 Å². The number of nitrogens with zero attached hydrogens (tertiary/aromatic N) is 1. The molecule has 2 rings (SSSR count). The van der Waals surface area contributed by atoms with E-state index in [1.54, 1.807) is 12.1 Å². The fourth-order valence-corrected chi connectivity index (χ4v) is 1.36. The first-order valence-corrected chi connectivity index (χ1v) is 4.34. The van der Waals surface area contributed by atoms with Gasteiger partial charge in [-0.25, -0.2) is 0 Å². The molecule has 1 aromatic heterocycles. The second-order valence-corrected chi connectivity index (χ2v) is 3.06. The van der Waals surface area contributed by atoms with Gasteiger partial charge in [-0.05, 0) is 12.1 Å². The standard InChI is InChI=1S/C10H6F3NO2/c11-10(12,13)16-14-8-4-2-1-3-7(8)5-6-9(14)15/h1-6H. The highest BCUT2D eigenvalue weighted by Gasteiger charge is 2.33.